The number of amides is 1. The lowest BCUT2D eigenvalue weighted by atomic mass is 10.1. The van der Waals surface area contributed by atoms with Gasteiger partial charge >= 0.3 is 0 Å². The minimum absolute atomic E-state index is 0.200. The number of anilines is 2. The molecule has 0 spiro atoms. The molecular formula is C15H9ClN4O. The molecule has 0 heterocycles. The molecule has 0 aliphatic rings. The van der Waals surface area contributed by atoms with Crippen LogP contribution in [0.5, 0.6) is 0 Å². The van der Waals surface area contributed by atoms with Gasteiger partial charge in [-0.1, -0.05) is 11.6 Å². The minimum atomic E-state index is -0.384. The summed E-state index contributed by atoms with van der Waals surface area (Å²) in [5, 5.41) is 20.7. The van der Waals surface area contributed by atoms with Gasteiger partial charge in [0.2, 0.25) is 0 Å². The van der Waals surface area contributed by atoms with Gasteiger partial charge in [0.05, 0.1) is 21.8 Å². The van der Waals surface area contributed by atoms with Gasteiger partial charge in [-0.2, -0.15) is 10.5 Å². The maximum absolute atomic E-state index is 12.1. The second kappa shape index (κ2) is 5.96. The zero-order valence-corrected chi connectivity index (χ0v) is 11.5. The van der Waals surface area contributed by atoms with E-state index in [9.17, 15) is 4.79 Å². The van der Waals surface area contributed by atoms with Crippen molar-refractivity contribution in [3.63, 3.8) is 0 Å². The summed E-state index contributed by atoms with van der Waals surface area (Å²) in [6.45, 7) is 0. The Kier molecular flexibility index (Phi) is 4.08. The zero-order chi connectivity index (χ0) is 15.4. The average Bonchev–Trinajstić information content (AvgIpc) is 2.49. The Morgan fingerprint density at radius 1 is 1.10 bits per heavy atom. The van der Waals surface area contributed by atoms with Crippen molar-refractivity contribution in [2.75, 3.05) is 11.1 Å². The van der Waals surface area contributed by atoms with Crippen molar-refractivity contribution in [1.29, 1.82) is 10.5 Å². The van der Waals surface area contributed by atoms with Crippen LogP contribution in [0.3, 0.4) is 0 Å². The normalized spacial score (nSPS) is 9.48. The standard InChI is InChI=1S/C15H9ClN4O/c16-13-6-9(2-4-14(13)19)15(21)20-12-3-1-10(7-17)11(5-12)8-18/h1-6H,19H2,(H,20,21). The average molecular weight is 297 g/mol. The Labute approximate surface area is 126 Å². The monoisotopic (exact) mass is 296 g/mol. The molecule has 1 amide bonds. The fourth-order valence-corrected chi connectivity index (χ4v) is 1.86. The van der Waals surface area contributed by atoms with Gasteiger partial charge in [-0.15, -0.1) is 0 Å². The van der Waals surface area contributed by atoms with Gasteiger partial charge in [0, 0.05) is 11.3 Å². The Morgan fingerprint density at radius 3 is 2.43 bits per heavy atom. The van der Waals surface area contributed by atoms with Crippen molar-refractivity contribution < 1.29 is 4.79 Å². The molecule has 2 aromatic rings. The number of benzene rings is 2. The molecule has 102 valence electrons. The van der Waals surface area contributed by atoms with E-state index in [1.807, 2.05) is 12.1 Å². The molecule has 0 atom stereocenters. The topological polar surface area (TPSA) is 103 Å². The number of nitrogen functional groups attached to an aromatic ring is 1. The fourth-order valence-electron chi connectivity index (χ4n) is 1.68. The molecule has 0 aromatic heterocycles. The Hall–Kier alpha value is -3.02. The number of nitriles is 2. The van der Waals surface area contributed by atoms with E-state index in [4.69, 9.17) is 27.9 Å². The number of nitrogens with zero attached hydrogens (tertiary/aromatic N) is 2. The highest BCUT2D eigenvalue weighted by Crippen LogP contribution is 2.21. The van der Waals surface area contributed by atoms with Crippen LogP contribution in [0.25, 0.3) is 0 Å². The number of carbonyl (C=O) groups excluding carboxylic acids is 1. The highest BCUT2D eigenvalue weighted by Gasteiger charge is 2.10. The smallest absolute Gasteiger partial charge is 0.255 e. The van der Waals surface area contributed by atoms with Crippen molar-refractivity contribution in [2.45, 2.75) is 0 Å². The van der Waals surface area contributed by atoms with Crippen LogP contribution >= 0.6 is 11.6 Å². The summed E-state index contributed by atoms with van der Waals surface area (Å²) in [5.41, 5.74) is 7.19. The van der Waals surface area contributed by atoms with Gasteiger partial charge < -0.3 is 11.1 Å². The molecule has 2 rings (SSSR count). The maximum atomic E-state index is 12.1. The van der Waals surface area contributed by atoms with Gasteiger partial charge in [-0.3, -0.25) is 4.79 Å². The molecule has 0 aliphatic heterocycles. The highest BCUT2D eigenvalue weighted by molar-refractivity contribution is 6.33. The van der Waals surface area contributed by atoms with Gasteiger partial charge in [0.15, 0.2) is 0 Å². The van der Waals surface area contributed by atoms with E-state index in [1.165, 1.54) is 24.3 Å². The van der Waals surface area contributed by atoms with Crippen LogP contribution in [0.15, 0.2) is 36.4 Å². The van der Waals surface area contributed by atoms with Crippen molar-refractivity contribution >= 4 is 28.9 Å². The van der Waals surface area contributed by atoms with Crippen molar-refractivity contribution in [3.05, 3.63) is 58.1 Å². The molecule has 6 heteroatoms. The molecule has 0 aliphatic carbocycles. The third kappa shape index (κ3) is 3.11. The molecule has 0 radical (unpaired) electrons. The molecular weight excluding hydrogens is 288 g/mol. The minimum Gasteiger partial charge on any atom is -0.398 e. The van der Waals surface area contributed by atoms with E-state index in [0.717, 1.165) is 0 Å². The van der Waals surface area contributed by atoms with Crippen molar-refractivity contribution in [2.24, 2.45) is 0 Å². The van der Waals surface area contributed by atoms with Crippen molar-refractivity contribution in [1.82, 2.24) is 0 Å². The first-order chi connectivity index (χ1) is 10.0. The second-order valence-electron chi connectivity index (χ2n) is 4.17. The van der Waals surface area contributed by atoms with Crippen LogP contribution in [0.2, 0.25) is 5.02 Å². The van der Waals surface area contributed by atoms with Gasteiger partial charge in [0.25, 0.3) is 5.91 Å². The summed E-state index contributed by atoms with van der Waals surface area (Å²) in [6, 6.07) is 12.8. The summed E-state index contributed by atoms with van der Waals surface area (Å²) in [5.74, 6) is -0.384. The lowest BCUT2D eigenvalue weighted by Gasteiger charge is -2.07. The lowest BCUT2D eigenvalue weighted by molar-refractivity contribution is 0.102. The van der Waals surface area contributed by atoms with Gasteiger partial charge in [-0.05, 0) is 36.4 Å². The number of rotatable bonds is 2. The van der Waals surface area contributed by atoms with E-state index >= 15 is 0 Å². The summed E-state index contributed by atoms with van der Waals surface area (Å²) < 4.78 is 0. The van der Waals surface area contributed by atoms with Crippen LogP contribution < -0.4 is 11.1 Å². The molecule has 2 aromatic carbocycles. The number of carbonyl (C=O) groups is 1. The van der Waals surface area contributed by atoms with Gasteiger partial charge in [-0.25, -0.2) is 0 Å². The van der Waals surface area contributed by atoms with E-state index < -0.39 is 0 Å². The molecule has 0 unspecified atom stereocenters. The third-order valence-corrected chi connectivity index (χ3v) is 3.11. The van der Waals surface area contributed by atoms with Crippen LogP contribution in [-0.2, 0) is 0 Å². The second-order valence-corrected chi connectivity index (χ2v) is 4.58. The summed E-state index contributed by atoms with van der Waals surface area (Å²) in [7, 11) is 0. The quantitative estimate of drug-likeness (QED) is 0.831. The predicted molar refractivity (Wildman–Crippen MR) is 79.7 cm³/mol. The van der Waals surface area contributed by atoms with Crippen LogP contribution in [0.1, 0.15) is 21.5 Å². The SMILES string of the molecule is N#Cc1ccc(NC(=O)c2ccc(N)c(Cl)c2)cc1C#N. The van der Waals surface area contributed by atoms with Crippen molar-refractivity contribution in [3.8, 4) is 12.1 Å². The zero-order valence-electron chi connectivity index (χ0n) is 10.7. The molecule has 0 saturated carbocycles. The van der Waals surface area contributed by atoms with Crippen LogP contribution in [0.4, 0.5) is 11.4 Å². The summed E-state index contributed by atoms with van der Waals surface area (Å²) >= 11 is 5.86. The Morgan fingerprint density at radius 2 is 1.81 bits per heavy atom. The molecule has 21 heavy (non-hydrogen) atoms. The first-order valence-electron chi connectivity index (χ1n) is 5.86. The summed E-state index contributed by atoms with van der Waals surface area (Å²) in [4.78, 5) is 12.1. The van der Waals surface area contributed by atoms with E-state index in [2.05, 4.69) is 5.32 Å². The van der Waals surface area contributed by atoms with Crippen LogP contribution in [-0.4, -0.2) is 5.91 Å². The molecule has 3 N–H and O–H groups in total. The first kappa shape index (κ1) is 14.4. The molecule has 0 bridgehead atoms. The number of hydrogen-bond donors (Lipinski definition) is 2. The Bertz CT molecular complexity index is 802. The fraction of sp³-hybridized carbons (Fsp3) is 0. The largest absolute Gasteiger partial charge is 0.398 e. The third-order valence-electron chi connectivity index (χ3n) is 2.78. The van der Waals surface area contributed by atoms with Crippen LogP contribution in [0, 0.1) is 22.7 Å². The maximum Gasteiger partial charge on any atom is 0.255 e. The lowest BCUT2D eigenvalue weighted by Crippen LogP contribution is -2.12. The van der Waals surface area contributed by atoms with E-state index in [0.29, 0.717) is 22.0 Å². The highest BCUT2D eigenvalue weighted by atomic mass is 35.5. The molecule has 0 fully saturated rings. The first-order valence-corrected chi connectivity index (χ1v) is 6.23. The Balaban J connectivity index is 2.26. The summed E-state index contributed by atoms with van der Waals surface area (Å²) in [6.07, 6.45) is 0. The number of nitrogens with one attached hydrogen (secondary N) is 1. The molecule has 5 nitrogen and oxygen atoms in total. The van der Waals surface area contributed by atoms with Gasteiger partial charge in [0.1, 0.15) is 12.1 Å². The van der Waals surface area contributed by atoms with E-state index in [-0.39, 0.29) is 17.0 Å². The number of nitrogens with two attached hydrogens (primary N) is 1. The predicted octanol–water partition coefficient (Wildman–Crippen LogP) is 2.92. The number of hydrogen-bond acceptors (Lipinski definition) is 4. The van der Waals surface area contributed by atoms with E-state index in [1.54, 1.807) is 12.1 Å². The molecule has 0 saturated heterocycles. The number of halogens is 1.